The van der Waals surface area contributed by atoms with Gasteiger partial charge < -0.3 is 0 Å². The van der Waals surface area contributed by atoms with Crippen molar-refractivity contribution in [2.24, 2.45) is 10.2 Å². The minimum absolute atomic E-state index is 0. The largest absolute Gasteiger partial charge is 1.00 e. The van der Waals surface area contributed by atoms with Crippen molar-refractivity contribution in [2.75, 3.05) is 0 Å². The van der Waals surface area contributed by atoms with Crippen molar-refractivity contribution in [1.29, 1.82) is 0 Å². The summed E-state index contributed by atoms with van der Waals surface area (Å²) >= 11 is -5.41. The summed E-state index contributed by atoms with van der Waals surface area (Å²) < 4.78 is 94.8. The molecule has 0 amide bonds. The van der Waals surface area contributed by atoms with Crippen LogP contribution in [0.2, 0.25) is 0 Å². The van der Waals surface area contributed by atoms with E-state index in [4.69, 9.17) is 0 Å². The van der Waals surface area contributed by atoms with Crippen LogP contribution in [0.15, 0.2) is 68.6 Å². The van der Waals surface area contributed by atoms with E-state index < -0.39 is 60.0 Å². The first-order chi connectivity index (χ1) is 14.2. The third kappa shape index (κ3) is 5.66. The van der Waals surface area contributed by atoms with Crippen LogP contribution in [0.4, 0.5) is 11.4 Å². The maximum Gasteiger partial charge on any atom is 1.00 e. The van der Waals surface area contributed by atoms with Crippen LogP contribution in [-0.4, -0.2) is 53.4 Å². The van der Waals surface area contributed by atoms with Gasteiger partial charge >= 0.3 is 208 Å². The van der Waals surface area contributed by atoms with Crippen molar-refractivity contribution in [3.05, 3.63) is 48.5 Å². The molecule has 32 heavy (non-hydrogen) atoms. The van der Waals surface area contributed by atoms with Gasteiger partial charge in [-0.05, 0) is 0 Å². The summed E-state index contributed by atoms with van der Waals surface area (Å²) in [5.41, 5.74) is -0.783. The van der Waals surface area contributed by atoms with E-state index in [-0.39, 0.29) is 46.0 Å². The van der Waals surface area contributed by atoms with Gasteiger partial charge in [-0.15, -0.1) is 0 Å². The average molecular weight is 555 g/mol. The standard InChI is InChI=1S/C16H13AsN2O10S2.Na/c20-16-14(31(27,28)29)8-9-7-10(30(24,25)26)5-6-11(9)15(16)19-18-13-4-2-1-3-12(13)17(21,22)23;/h1-8,20H,(H2,21,22,23)(H,24,25,26)(H,27,28,29);/q;+1. The summed E-state index contributed by atoms with van der Waals surface area (Å²) in [5, 5.41) is 17.6. The van der Waals surface area contributed by atoms with E-state index in [0.29, 0.717) is 0 Å². The Hall–Kier alpha value is -1.58. The number of aromatic hydroxyl groups is 1. The number of rotatable bonds is 5. The fourth-order valence-corrected chi connectivity index (χ4v) is 5.28. The predicted molar refractivity (Wildman–Crippen MR) is 106 cm³/mol. The first-order valence-corrected chi connectivity index (χ1v) is 14.3. The molecule has 0 radical (unpaired) electrons. The minimum Gasteiger partial charge on any atom is 1.00 e. The van der Waals surface area contributed by atoms with Crippen LogP contribution in [0.3, 0.4) is 0 Å². The molecule has 0 bridgehead atoms. The molecule has 0 heterocycles. The van der Waals surface area contributed by atoms with Gasteiger partial charge in [-0.1, -0.05) is 0 Å². The molecule has 0 saturated carbocycles. The van der Waals surface area contributed by atoms with E-state index >= 15 is 0 Å². The number of hydrogen-bond donors (Lipinski definition) is 5. The molecule has 0 aliphatic heterocycles. The van der Waals surface area contributed by atoms with Crippen LogP contribution in [0.5, 0.6) is 5.75 Å². The predicted octanol–water partition coefficient (Wildman–Crippen LogP) is -1.98. The second kappa shape index (κ2) is 9.35. The third-order valence-electron chi connectivity index (χ3n) is 4.05. The van der Waals surface area contributed by atoms with Gasteiger partial charge in [-0.25, -0.2) is 0 Å². The van der Waals surface area contributed by atoms with Crippen molar-refractivity contribution in [3.8, 4) is 5.75 Å². The molecular weight excluding hydrogens is 542 g/mol. The molecule has 3 aromatic rings. The van der Waals surface area contributed by atoms with E-state index in [1.165, 1.54) is 18.2 Å². The van der Waals surface area contributed by atoms with Crippen LogP contribution >= 0.6 is 0 Å². The van der Waals surface area contributed by atoms with Crippen LogP contribution in [-0.2, 0) is 24.0 Å². The van der Waals surface area contributed by atoms with Crippen molar-refractivity contribution < 1.29 is 72.5 Å². The number of fused-ring (bicyclic) bond motifs is 1. The Bertz CT molecular complexity index is 1500. The molecular formula is C16H13AsN2NaO10S2+. The second-order valence-corrected chi connectivity index (χ2v) is 12.2. The maximum atomic E-state index is 11.7. The van der Waals surface area contributed by atoms with E-state index in [2.05, 4.69) is 10.2 Å². The first-order valence-electron chi connectivity index (χ1n) is 8.01. The van der Waals surface area contributed by atoms with Gasteiger partial charge in [-0.2, -0.15) is 0 Å². The quantitative estimate of drug-likeness (QED) is 0.133. The average Bonchev–Trinajstić information content (AvgIpc) is 2.64. The summed E-state index contributed by atoms with van der Waals surface area (Å²) in [6.45, 7) is 0. The summed E-state index contributed by atoms with van der Waals surface area (Å²) in [7, 11) is -9.65. The molecule has 164 valence electrons. The molecule has 0 saturated heterocycles. The fraction of sp³-hybridized carbons (Fsp3) is 0. The Morgan fingerprint density at radius 3 is 2.03 bits per heavy atom. The monoisotopic (exact) mass is 555 g/mol. The Labute approximate surface area is 206 Å². The van der Waals surface area contributed by atoms with Crippen LogP contribution in [0.25, 0.3) is 10.8 Å². The second-order valence-electron chi connectivity index (χ2n) is 6.14. The summed E-state index contributed by atoms with van der Waals surface area (Å²) in [4.78, 5) is -1.61. The normalized spacial score (nSPS) is 12.8. The number of hydrogen-bond acceptors (Lipinski definition) is 8. The molecule has 0 aliphatic rings. The number of phenolic OH excluding ortho intramolecular Hbond substituents is 1. The van der Waals surface area contributed by atoms with E-state index in [1.54, 1.807) is 0 Å². The van der Waals surface area contributed by atoms with Gasteiger partial charge in [0.15, 0.2) is 0 Å². The molecule has 12 nitrogen and oxygen atoms in total. The van der Waals surface area contributed by atoms with Crippen molar-refractivity contribution in [1.82, 2.24) is 0 Å². The molecule has 0 unspecified atom stereocenters. The van der Waals surface area contributed by atoms with Crippen molar-refractivity contribution in [2.45, 2.75) is 9.79 Å². The number of benzene rings is 3. The first kappa shape index (κ1) is 26.7. The van der Waals surface area contributed by atoms with E-state index in [0.717, 1.165) is 30.3 Å². The van der Waals surface area contributed by atoms with Crippen molar-refractivity contribution >= 4 is 60.9 Å². The topological polar surface area (TPSA) is 211 Å². The molecule has 0 spiro atoms. The molecule has 0 atom stereocenters. The molecule has 16 heteroatoms. The summed E-state index contributed by atoms with van der Waals surface area (Å²) in [5.74, 6) is -1.03. The van der Waals surface area contributed by atoms with Crippen LogP contribution in [0, 0.1) is 0 Å². The van der Waals surface area contributed by atoms with E-state index in [1.807, 2.05) is 0 Å². The molecule has 3 rings (SSSR count). The number of phenols is 1. The Morgan fingerprint density at radius 1 is 0.844 bits per heavy atom. The van der Waals surface area contributed by atoms with Gasteiger partial charge in [0, 0.05) is 0 Å². The number of nitrogens with zero attached hydrogens (tertiary/aromatic N) is 2. The van der Waals surface area contributed by atoms with Gasteiger partial charge in [0.25, 0.3) is 0 Å². The summed E-state index contributed by atoms with van der Waals surface area (Å²) in [6.07, 6.45) is 0. The fourth-order valence-electron chi connectivity index (χ4n) is 2.69. The van der Waals surface area contributed by atoms with Crippen molar-refractivity contribution in [3.63, 3.8) is 0 Å². The number of azo groups is 1. The van der Waals surface area contributed by atoms with E-state index in [9.17, 15) is 43.0 Å². The summed E-state index contributed by atoms with van der Waals surface area (Å²) in [6, 6.07) is 8.81. The molecule has 3 aromatic carbocycles. The van der Waals surface area contributed by atoms with Gasteiger partial charge in [0.1, 0.15) is 0 Å². The van der Waals surface area contributed by atoms with Crippen LogP contribution in [0.1, 0.15) is 0 Å². The van der Waals surface area contributed by atoms with Gasteiger partial charge in [0.05, 0.1) is 0 Å². The zero-order chi connectivity index (χ0) is 23.2. The molecule has 0 fully saturated rings. The Balaban J connectivity index is 0.00000363. The zero-order valence-corrected chi connectivity index (χ0v) is 21.6. The zero-order valence-electron chi connectivity index (χ0n) is 16.1. The van der Waals surface area contributed by atoms with Crippen LogP contribution < -0.4 is 33.9 Å². The Kier molecular flexibility index (Phi) is 7.79. The molecule has 0 aromatic heterocycles. The SMILES string of the molecule is O=S(=O)(O)c1ccc2c(N=Nc3ccccc3[As](=O)(O)O)c(O)c(S(=O)(=O)O)cc2c1.[Na+]. The molecule has 0 aliphatic carbocycles. The smallest absolute Gasteiger partial charge is 1.00 e. The minimum atomic E-state index is -5.41. The van der Waals surface area contributed by atoms with Gasteiger partial charge in [-0.3, -0.25) is 0 Å². The Morgan fingerprint density at radius 2 is 1.47 bits per heavy atom. The van der Waals surface area contributed by atoms with Gasteiger partial charge in [0.2, 0.25) is 0 Å². The molecule has 5 N–H and O–H groups in total. The maximum absolute atomic E-state index is 11.7. The third-order valence-corrected chi connectivity index (χ3v) is 7.88.